The lowest BCUT2D eigenvalue weighted by atomic mass is 9.93. The summed E-state index contributed by atoms with van der Waals surface area (Å²) in [7, 11) is 0. The Morgan fingerprint density at radius 3 is 2.76 bits per heavy atom. The third-order valence-electron chi connectivity index (χ3n) is 3.06. The van der Waals surface area contributed by atoms with E-state index >= 15 is 0 Å². The van der Waals surface area contributed by atoms with Crippen molar-refractivity contribution in [3.05, 3.63) is 27.1 Å². The van der Waals surface area contributed by atoms with Crippen molar-refractivity contribution in [1.29, 1.82) is 0 Å². The molecule has 0 aromatic heterocycles. The Kier molecular flexibility index (Phi) is 3.98. The molecule has 0 heterocycles. The summed E-state index contributed by atoms with van der Waals surface area (Å²) in [5, 5.41) is 3.17. The number of Topliss-reactive ketones (excluding diaryl/α,β-unsaturated/α-hetero) is 1. The molecular formula is C12H14FIN2O. The van der Waals surface area contributed by atoms with Crippen molar-refractivity contribution in [2.75, 3.05) is 12.3 Å². The maximum Gasteiger partial charge on any atom is 0.176 e. The van der Waals surface area contributed by atoms with Gasteiger partial charge in [-0.15, -0.1) is 0 Å². The Bertz CT molecular complexity index is 423. The molecule has 0 bridgehead atoms. The number of benzene rings is 1. The highest BCUT2D eigenvalue weighted by molar-refractivity contribution is 14.1. The number of halogens is 2. The molecule has 1 saturated carbocycles. The normalized spacial score (nSPS) is 15.6. The molecule has 1 fully saturated rings. The van der Waals surface area contributed by atoms with Crippen LogP contribution in [0.5, 0.6) is 0 Å². The van der Waals surface area contributed by atoms with Crippen LogP contribution in [-0.4, -0.2) is 18.4 Å². The number of nitrogen functional groups attached to an aromatic ring is 1. The lowest BCUT2D eigenvalue weighted by molar-refractivity contribution is 0.0981. The quantitative estimate of drug-likeness (QED) is 0.499. The largest absolute Gasteiger partial charge is 0.395 e. The van der Waals surface area contributed by atoms with Crippen molar-refractivity contribution in [3.63, 3.8) is 0 Å². The van der Waals surface area contributed by atoms with E-state index in [1.54, 1.807) is 6.07 Å². The summed E-state index contributed by atoms with van der Waals surface area (Å²) in [5.41, 5.74) is 5.98. The molecule has 0 amide bonds. The third kappa shape index (κ3) is 2.95. The second-order valence-corrected chi connectivity index (χ2v) is 5.45. The molecule has 3 N–H and O–H groups in total. The van der Waals surface area contributed by atoms with Gasteiger partial charge in [0.2, 0.25) is 0 Å². The summed E-state index contributed by atoms with van der Waals surface area (Å²) < 4.78 is 14.0. The summed E-state index contributed by atoms with van der Waals surface area (Å²) in [5.74, 6) is -0.613. The topological polar surface area (TPSA) is 55.1 Å². The van der Waals surface area contributed by atoms with E-state index < -0.39 is 5.82 Å². The molecule has 1 aliphatic carbocycles. The van der Waals surface area contributed by atoms with Crippen molar-refractivity contribution < 1.29 is 9.18 Å². The Hall–Kier alpha value is -0.690. The molecular weight excluding hydrogens is 334 g/mol. The predicted octanol–water partition coefficient (Wildman–Crippen LogP) is 2.34. The highest BCUT2D eigenvalue weighted by atomic mass is 127. The van der Waals surface area contributed by atoms with E-state index in [-0.39, 0.29) is 18.0 Å². The second-order valence-electron chi connectivity index (χ2n) is 4.29. The first-order chi connectivity index (χ1) is 8.08. The van der Waals surface area contributed by atoms with Crippen LogP contribution < -0.4 is 11.1 Å². The van der Waals surface area contributed by atoms with Crippen LogP contribution >= 0.6 is 22.6 Å². The van der Waals surface area contributed by atoms with E-state index in [9.17, 15) is 9.18 Å². The number of carbonyl (C=O) groups excluding carboxylic acids is 1. The number of nitrogens with one attached hydrogen (secondary N) is 1. The summed E-state index contributed by atoms with van der Waals surface area (Å²) in [6.45, 7) is 0.268. The van der Waals surface area contributed by atoms with Crippen LogP contribution in [0.4, 0.5) is 10.1 Å². The van der Waals surface area contributed by atoms with E-state index in [2.05, 4.69) is 5.32 Å². The minimum absolute atomic E-state index is 0.0892. The molecule has 3 nitrogen and oxygen atoms in total. The number of hydrogen-bond acceptors (Lipinski definition) is 3. The van der Waals surface area contributed by atoms with Crippen molar-refractivity contribution in [2.24, 2.45) is 0 Å². The van der Waals surface area contributed by atoms with Gasteiger partial charge in [0.25, 0.3) is 0 Å². The van der Waals surface area contributed by atoms with Gasteiger partial charge < -0.3 is 11.1 Å². The molecule has 0 atom stereocenters. The predicted molar refractivity (Wildman–Crippen MR) is 73.5 cm³/mol. The highest BCUT2D eigenvalue weighted by Crippen LogP contribution is 2.21. The Balaban J connectivity index is 2.02. The molecule has 0 saturated heterocycles. The maximum atomic E-state index is 13.4. The lowest BCUT2D eigenvalue weighted by Crippen LogP contribution is -2.38. The van der Waals surface area contributed by atoms with E-state index in [1.165, 1.54) is 12.5 Å². The van der Waals surface area contributed by atoms with Crippen molar-refractivity contribution in [3.8, 4) is 0 Å². The van der Waals surface area contributed by atoms with Gasteiger partial charge in [-0.25, -0.2) is 4.39 Å². The van der Waals surface area contributed by atoms with E-state index in [0.717, 1.165) is 12.8 Å². The lowest BCUT2D eigenvalue weighted by Gasteiger charge is -2.26. The fourth-order valence-corrected chi connectivity index (χ4v) is 2.29. The van der Waals surface area contributed by atoms with Crippen LogP contribution in [0.3, 0.4) is 0 Å². The fraction of sp³-hybridized carbons (Fsp3) is 0.417. The Morgan fingerprint density at radius 2 is 2.24 bits per heavy atom. The Labute approximate surface area is 113 Å². The molecule has 1 aromatic carbocycles. The van der Waals surface area contributed by atoms with Gasteiger partial charge in [0.1, 0.15) is 5.82 Å². The molecule has 92 valence electrons. The molecule has 2 rings (SSSR count). The standard InChI is InChI=1S/C12H14FIN2O/c13-9-4-7(5-10(14)12(9)15)11(17)6-16-8-2-1-3-8/h4-5,8,16H,1-3,6,15H2. The molecule has 1 aromatic rings. The third-order valence-corrected chi connectivity index (χ3v) is 3.95. The molecule has 5 heteroatoms. The first-order valence-electron chi connectivity index (χ1n) is 5.59. The van der Waals surface area contributed by atoms with Gasteiger partial charge in [-0.3, -0.25) is 4.79 Å². The van der Waals surface area contributed by atoms with Gasteiger partial charge in [-0.2, -0.15) is 0 Å². The molecule has 0 radical (unpaired) electrons. The molecule has 0 unspecified atom stereocenters. The van der Waals surface area contributed by atoms with E-state index in [0.29, 0.717) is 15.2 Å². The Morgan fingerprint density at radius 1 is 1.53 bits per heavy atom. The summed E-state index contributed by atoms with van der Waals surface area (Å²) in [6.07, 6.45) is 3.47. The van der Waals surface area contributed by atoms with Gasteiger partial charge in [0.05, 0.1) is 12.2 Å². The minimum atomic E-state index is -0.524. The number of anilines is 1. The molecule has 17 heavy (non-hydrogen) atoms. The van der Waals surface area contributed by atoms with Crippen LogP contribution in [0.25, 0.3) is 0 Å². The second kappa shape index (κ2) is 5.30. The highest BCUT2D eigenvalue weighted by Gasteiger charge is 2.18. The number of ketones is 1. The SMILES string of the molecule is Nc1c(F)cc(C(=O)CNC2CCC2)cc1I. The number of rotatable bonds is 4. The molecule has 0 aliphatic heterocycles. The van der Waals surface area contributed by atoms with Crippen LogP contribution in [0.1, 0.15) is 29.6 Å². The zero-order valence-corrected chi connectivity index (χ0v) is 11.5. The summed E-state index contributed by atoms with van der Waals surface area (Å²) in [6, 6.07) is 3.29. The van der Waals surface area contributed by atoms with Crippen LogP contribution in [0.2, 0.25) is 0 Å². The van der Waals surface area contributed by atoms with E-state index in [4.69, 9.17) is 5.73 Å². The average molecular weight is 348 g/mol. The fourth-order valence-electron chi connectivity index (χ4n) is 1.70. The van der Waals surface area contributed by atoms with Crippen LogP contribution in [-0.2, 0) is 0 Å². The first kappa shape index (κ1) is 12.8. The average Bonchev–Trinajstić information content (AvgIpc) is 2.22. The first-order valence-corrected chi connectivity index (χ1v) is 6.67. The van der Waals surface area contributed by atoms with Crippen molar-refractivity contribution in [1.82, 2.24) is 5.32 Å². The van der Waals surface area contributed by atoms with Gasteiger partial charge in [0, 0.05) is 15.2 Å². The number of nitrogens with two attached hydrogens (primary N) is 1. The monoisotopic (exact) mass is 348 g/mol. The van der Waals surface area contributed by atoms with E-state index in [1.807, 2.05) is 22.6 Å². The van der Waals surface area contributed by atoms with Gasteiger partial charge in [-0.1, -0.05) is 6.42 Å². The smallest absolute Gasteiger partial charge is 0.176 e. The number of hydrogen-bond donors (Lipinski definition) is 2. The zero-order chi connectivity index (χ0) is 12.4. The van der Waals surface area contributed by atoms with Crippen molar-refractivity contribution >= 4 is 34.1 Å². The molecule has 0 spiro atoms. The van der Waals surface area contributed by atoms with Gasteiger partial charge in [0.15, 0.2) is 5.78 Å². The zero-order valence-electron chi connectivity index (χ0n) is 9.30. The van der Waals surface area contributed by atoms with Crippen LogP contribution in [0.15, 0.2) is 12.1 Å². The van der Waals surface area contributed by atoms with Gasteiger partial charge in [-0.05, 0) is 47.6 Å². The summed E-state index contributed by atoms with van der Waals surface area (Å²) >= 11 is 1.93. The number of carbonyl (C=O) groups is 1. The van der Waals surface area contributed by atoms with Crippen molar-refractivity contribution in [2.45, 2.75) is 25.3 Å². The minimum Gasteiger partial charge on any atom is -0.395 e. The van der Waals surface area contributed by atoms with Gasteiger partial charge >= 0.3 is 0 Å². The summed E-state index contributed by atoms with van der Waals surface area (Å²) in [4.78, 5) is 11.8. The molecule has 1 aliphatic rings. The maximum absolute atomic E-state index is 13.4. The van der Waals surface area contributed by atoms with Crippen LogP contribution in [0, 0.1) is 9.39 Å².